The van der Waals surface area contributed by atoms with Crippen molar-refractivity contribution in [2.45, 2.75) is 170 Å². The minimum absolute atomic E-state index is 0.00125. The van der Waals surface area contributed by atoms with Crippen LogP contribution in [0.2, 0.25) is 0 Å². The molecule has 0 radical (unpaired) electrons. The van der Waals surface area contributed by atoms with Crippen LogP contribution in [0.15, 0.2) is 182 Å². The number of Topliss-reactive ketones (excluding diaryl/α,β-unsaturated/α-hetero) is 2. The predicted octanol–water partition coefficient (Wildman–Crippen LogP) is 18.2. The Hall–Kier alpha value is -7.20. The van der Waals surface area contributed by atoms with E-state index in [-0.39, 0.29) is 58.9 Å². The van der Waals surface area contributed by atoms with E-state index >= 15 is 0 Å². The van der Waals surface area contributed by atoms with E-state index in [1.54, 1.807) is 24.3 Å². The summed E-state index contributed by atoms with van der Waals surface area (Å²) in [5, 5.41) is 18.7. The lowest BCUT2D eigenvalue weighted by atomic mass is 9.91. The molecule has 2 aromatic rings. The fourth-order valence-electron chi connectivity index (χ4n) is 7.94. The quantitative estimate of drug-likeness (QED) is 0.0284. The number of esters is 2. The normalized spacial score (nSPS) is 13.1. The van der Waals surface area contributed by atoms with E-state index < -0.39 is 35.7 Å². The molecule has 10 nitrogen and oxygen atoms in total. The maximum atomic E-state index is 12.8. The largest absolute Gasteiger partial charge is 0.478 e. The summed E-state index contributed by atoms with van der Waals surface area (Å²) in [6.45, 7) is 12.2. The number of carbonyl (C=O) groups is 6. The maximum Gasteiger partial charge on any atom is 0.339 e. The Balaban J connectivity index is 0.000000801. The summed E-state index contributed by atoms with van der Waals surface area (Å²) in [7, 11) is 0. The maximum absolute atomic E-state index is 12.8. The van der Waals surface area contributed by atoms with Crippen molar-refractivity contribution in [2.24, 2.45) is 23.7 Å². The molecule has 0 heterocycles. The number of benzene rings is 2. The number of rotatable bonds is 41. The molecule has 2 rings (SSSR count). The molecule has 2 unspecified atom stereocenters. The van der Waals surface area contributed by atoms with Gasteiger partial charge in [0.2, 0.25) is 0 Å². The van der Waals surface area contributed by atoms with Crippen LogP contribution in [0, 0.1) is 23.7 Å². The molecule has 434 valence electrons. The number of carboxylic acids is 2. The van der Waals surface area contributed by atoms with Crippen molar-refractivity contribution in [3.8, 4) is 11.5 Å². The highest BCUT2D eigenvalue weighted by molar-refractivity contribution is 5.93. The second-order valence-corrected chi connectivity index (χ2v) is 20.1. The van der Waals surface area contributed by atoms with Gasteiger partial charge in [0.1, 0.15) is 34.2 Å². The standard InChI is InChI=1S/C36H48O5.C34H46O5/c1-4-5-6-7-8-9-10-11-12-13-14-15-16-17-18-19-20-21-22-25-32(37)29-31(28-30(2)3)36(40)41-34-27-24-23-26-33(34)35(38)39;1-4-5-6-7-8-9-10-11-12-13-14-15-16-17-18-19-20-23-30(35)27-29(26-28(2)3)34(38)39-32-25-22-21-24-31(32)33(36)37/h5-6,8-9,11-12,14-15,17-18,20-21,23-24,26-27,30-31H,4,7,10,13,16,19,22,25,28-29H2,1-3H3,(H,38,39);5-6,8-9,11-12,14-15,17-18,21-22,24-25,28-29H,4,7,10,13,16,19-20,23,26-27H2,1-3H3,(H,36,37)/b6-5-,9-8-,12-11-,15-14-,18-17-,21-20-;6-5-,9-8-,12-11-,15-14-,18-17-. The summed E-state index contributed by atoms with van der Waals surface area (Å²) in [5.41, 5.74) is -0.148. The smallest absolute Gasteiger partial charge is 0.339 e. The molecule has 0 aliphatic rings. The molecule has 2 aromatic carbocycles. The minimum Gasteiger partial charge on any atom is -0.478 e. The number of unbranched alkanes of at least 4 members (excludes halogenated alkanes) is 1. The van der Waals surface area contributed by atoms with Gasteiger partial charge in [-0.05, 0) is 139 Å². The number of ether oxygens (including phenoxy) is 2. The van der Waals surface area contributed by atoms with Crippen LogP contribution < -0.4 is 9.47 Å². The zero-order chi connectivity index (χ0) is 58.9. The average Bonchev–Trinajstić information content (AvgIpc) is 3.43. The molecule has 0 aromatic heterocycles. The summed E-state index contributed by atoms with van der Waals surface area (Å²) in [6, 6.07) is 12.1. The van der Waals surface area contributed by atoms with Gasteiger partial charge < -0.3 is 19.7 Å². The third-order valence-corrected chi connectivity index (χ3v) is 12.0. The number of allylic oxidation sites excluding steroid dienone is 22. The molecular formula is C70H94O10. The summed E-state index contributed by atoms with van der Waals surface area (Å²) in [4.78, 5) is 73.6. The Bertz CT molecular complexity index is 2430. The molecule has 0 amide bonds. The lowest BCUT2D eigenvalue weighted by Gasteiger charge is -2.18. The lowest BCUT2D eigenvalue weighted by molar-refractivity contribution is -0.142. The molecule has 0 fully saturated rings. The SMILES string of the molecule is CC/C=C\C/C=C\C/C=C\C/C=C\C/C=C\C/C=C\CCC(=O)CC(CC(C)C)C(=O)Oc1ccccc1C(=O)O.CC/C=C\C/C=C\C/C=C\C/C=C\C/C=C\CCCC(=O)CC(CC(C)C)C(=O)Oc1ccccc1C(=O)O. The van der Waals surface area contributed by atoms with E-state index in [0.29, 0.717) is 32.1 Å². The summed E-state index contributed by atoms with van der Waals surface area (Å²) in [5.74, 6) is -4.20. The monoisotopic (exact) mass is 1090 g/mol. The Labute approximate surface area is 480 Å². The van der Waals surface area contributed by atoms with Crippen molar-refractivity contribution in [1.29, 1.82) is 0 Å². The van der Waals surface area contributed by atoms with Gasteiger partial charge in [0.15, 0.2) is 0 Å². The van der Waals surface area contributed by atoms with Gasteiger partial charge in [-0.1, -0.05) is 199 Å². The molecule has 0 bridgehead atoms. The van der Waals surface area contributed by atoms with Crippen molar-refractivity contribution in [3.63, 3.8) is 0 Å². The molecule has 0 saturated carbocycles. The first-order chi connectivity index (χ1) is 38.7. The Morgan fingerprint density at radius 3 is 1.00 bits per heavy atom. The van der Waals surface area contributed by atoms with Crippen LogP contribution in [-0.4, -0.2) is 45.7 Å². The number of para-hydroxylation sites is 2. The van der Waals surface area contributed by atoms with E-state index in [2.05, 4.69) is 135 Å². The zero-order valence-electron chi connectivity index (χ0n) is 48.9. The van der Waals surface area contributed by atoms with Gasteiger partial charge in [-0.3, -0.25) is 19.2 Å². The van der Waals surface area contributed by atoms with E-state index in [0.717, 1.165) is 83.5 Å². The van der Waals surface area contributed by atoms with Gasteiger partial charge in [-0.15, -0.1) is 0 Å². The molecule has 0 aliphatic heterocycles. The lowest BCUT2D eigenvalue weighted by Crippen LogP contribution is -2.25. The fourth-order valence-corrected chi connectivity index (χ4v) is 7.94. The Kier molecular flexibility index (Phi) is 42.3. The van der Waals surface area contributed by atoms with Crippen molar-refractivity contribution in [1.82, 2.24) is 0 Å². The molecule has 80 heavy (non-hydrogen) atoms. The molecule has 2 atom stereocenters. The van der Waals surface area contributed by atoms with Gasteiger partial charge >= 0.3 is 23.9 Å². The number of carbonyl (C=O) groups excluding carboxylic acids is 4. The molecule has 0 saturated heterocycles. The number of carboxylic acid groups (broad SMARTS) is 2. The summed E-state index contributed by atoms with van der Waals surface area (Å²) in [6.07, 6.45) is 62.0. The Morgan fingerprint density at radius 2 is 0.688 bits per heavy atom. The van der Waals surface area contributed by atoms with Crippen molar-refractivity contribution in [3.05, 3.63) is 193 Å². The van der Waals surface area contributed by atoms with Crippen LogP contribution in [0.5, 0.6) is 11.5 Å². The van der Waals surface area contributed by atoms with Crippen LogP contribution in [-0.2, 0) is 19.2 Å². The topological polar surface area (TPSA) is 161 Å². The second-order valence-electron chi connectivity index (χ2n) is 20.1. The minimum atomic E-state index is -1.17. The van der Waals surface area contributed by atoms with Gasteiger partial charge in [0, 0.05) is 25.7 Å². The van der Waals surface area contributed by atoms with Gasteiger partial charge in [-0.25, -0.2) is 9.59 Å². The highest BCUT2D eigenvalue weighted by Gasteiger charge is 2.27. The zero-order valence-corrected chi connectivity index (χ0v) is 48.9. The van der Waals surface area contributed by atoms with Crippen LogP contribution in [0.3, 0.4) is 0 Å². The van der Waals surface area contributed by atoms with Crippen LogP contribution >= 0.6 is 0 Å². The third kappa shape index (κ3) is 38.4. The predicted molar refractivity (Wildman–Crippen MR) is 329 cm³/mol. The van der Waals surface area contributed by atoms with E-state index in [4.69, 9.17) is 9.47 Å². The van der Waals surface area contributed by atoms with E-state index in [9.17, 15) is 39.0 Å². The molecule has 0 spiro atoms. The van der Waals surface area contributed by atoms with E-state index in [1.165, 1.54) is 24.3 Å². The Morgan fingerprint density at radius 1 is 0.400 bits per heavy atom. The van der Waals surface area contributed by atoms with Crippen LogP contribution in [0.4, 0.5) is 0 Å². The third-order valence-electron chi connectivity index (χ3n) is 12.0. The molecule has 2 N–H and O–H groups in total. The van der Waals surface area contributed by atoms with Crippen LogP contribution in [0.25, 0.3) is 0 Å². The van der Waals surface area contributed by atoms with Crippen molar-refractivity contribution in [2.75, 3.05) is 0 Å². The highest BCUT2D eigenvalue weighted by Crippen LogP contribution is 2.26. The first-order valence-electron chi connectivity index (χ1n) is 29.0. The van der Waals surface area contributed by atoms with Gasteiger partial charge in [0.25, 0.3) is 0 Å². The number of hydrogen-bond donors (Lipinski definition) is 2. The summed E-state index contributed by atoms with van der Waals surface area (Å²) >= 11 is 0. The second kappa shape index (κ2) is 47.8. The van der Waals surface area contributed by atoms with Crippen LogP contribution in [0.1, 0.15) is 191 Å². The van der Waals surface area contributed by atoms with Crippen molar-refractivity contribution >= 4 is 35.4 Å². The number of hydrogen-bond acceptors (Lipinski definition) is 8. The van der Waals surface area contributed by atoms with Gasteiger partial charge in [-0.2, -0.15) is 0 Å². The van der Waals surface area contributed by atoms with E-state index in [1.807, 2.05) is 39.8 Å². The number of ketones is 2. The average molecular weight is 1100 g/mol. The fraction of sp³-hybridized carbons (Fsp3) is 0.429. The first kappa shape index (κ1) is 70.8. The molecule has 10 heteroatoms. The first-order valence-corrected chi connectivity index (χ1v) is 29.0. The van der Waals surface area contributed by atoms with Gasteiger partial charge in [0.05, 0.1) is 11.8 Å². The molecular weight excluding hydrogens is 1000 g/mol. The van der Waals surface area contributed by atoms with Crippen molar-refractivity contribution < 1.29 is 48.5 Å². The molecule has 0 aliphatic carbocycles. The highest BCUT2D eigenvalue weighted by atomic mass is 16.5. The summed E-state index contributed by atoms with van der Waals surface area (Å²) < 4.78 is 10.8. The number of aromatic carboxylic acids is 2.